The van der Waals surface area contributed by atoms with Crippen LogP contribution in [-0.2, 0) is 16.0 Å². The van der Waals surface area contributed by atoms with Gasteiger partial charge < -0.3 is 15.8 Å². The van der Waals surface area contributed by atoms with Gasteiger partial charge in [0.25, 0.3) is 6.02 Å². The van der Waals surface area contributed by atoms with Crippen LogP contribution in [0.25, 0.3) is 0 Å². The molecule has 1 aliphatic heterocycles. The third kappa shape index (κ3) is 3.35. The van der Waals surface area contributed by atoms with Gasteiger partial charge in [0.2, 0.25) is 5.91 Å². The Hall–Kier alpha value is -2.04. The predicted molar refractivity (Wildman–Crippen MR) is 82.1 cm³/mol. The van der Waals surface area contributed by atoms with Gasteiger partial charge in [0, 0.05) is 11.1 Å². The average Bonchev–Trinajstić information content (AvgIpc) is 3.09. The van der Waals surface area contributed by atoms with Crippen LogP contribution in [0.4, 0.5) is 5.69 Å². The molecule has 1 aromatic rings. The SMILES string of the molecule is CC1(C(=O)Nc2ccc(CCC3COC(N)=N3)cc2)CC1. The van der Waals surface area contributed by atoms with Crippen molar-refractivity contribution in [3.05, 3.63) is 29.8 Å². The van der Waals surface area contributed by atoms with E-state index < -0.39 is 0 Å². The molecule has 0 spiro atoms. The van der Waals surface area contributed by atoms with Crippen molar-refractivity contribution in [2.24, 2.45) is 16.1 Å². The number of hydrogen-bond donors (Lipinski definition) is 2. The number of amides is 1. The van der Waals surface area contributed by atoms with Crippen molar-refractivity contribution in [2.75, 3.05) is 11.9 Å². The number of rotatable bonds is 5. The van der Waals surface area contributed by atoms with Gasteiger partial charge in [0.1, 0.15) is 6.61 Å². The Balaban J connectivity index is 1.51. The molecule has 1 heterocycles. The van der Waals surface area contributed by atoms with E-state index in [-0.39, 0.29) is 17.4 Å². The third-order valence-corrected chi connectivity index (χ3v) is 4.26. The number of carbonyl (C=O) groups excluding carboxylic acids is 1. The van der Waals surface area contributed by atoms with Crippen molar-refractivity contribution in [3.63, 3.8) is 0 Å². The van der Waals surface area contributed by atoms with Crippen LogP contribution in [0.2, 0.25) is 0 Å². The van der Waals surface area contributed by atoms with Gasteiger partial charge in [-0.2, -0.15) is 0 Å². The van der Waals surface area contributed by atoms with E-state index in [2.05, 4.69) is 10.3 Å². The van der Waals surface area contributed by atoms with Crippen LogP contribution < -0.4 is 11.1 Å². The molecule has 0 saturated heterocycles. The molecule has 5 heteroatoms. The zero-order valence-corrected chi connectivity index (χ0v) is 12.3. The number of ether oxygens (including phenoxy) is 1. The van der Waals surface area contributed by atoms with Crippen molar-refractivity contribution < 1.29 is 9.53 Å². The van der Waals surface area contributed by atoms with Crippen molar-refractivity contribution in [2.45, 2.75) is 38.6 Å². The summed E-state index contributed by atoms with van der Waals surface area (Å²) in [4.78, 5) is 16.2. The summed E-state index contributed by atoms with van der Waals surface area (Å²) in [6, 6.07) is 8.48. The average molecular weight is 287 g/mol. The van der Waals surface area contributed by atoms with E-state index in [4.69, 9.17) is 10.5 Å². The van der Waals surface area contributed by atoms with E-state index in [1.807, 2.05) is 31.2 Å². The highest BCUT2D eigenvalue weighted by Crippen LogP contribution is 2.45. The van der Waals surface area contributed by atoms with E-state index in [1.54, 1.807) is 0 Å². The fourth-order valence-electron chi connectivity index (χ4n) is 2.37. The molecule has 1 saturated carbocycles. The molecule has 1 atom stereocenters. The number of amidine groups is 1. The maximum Gasteiger partial charge on any atom is 0.282 e. The lowest BCUT2D eigenvalue weighted by Crippen LogP contribution is -2.21. The Bertz CT molecular complexity index is 561. The first-order chi connectivity index (χ1) is 10.0. The Kier molecular flexibility index (Phi) is 3.57. The highest BCUT2D eigenvalue weighted by molar-refractivity contribution is 5.96. The second-order valence-electron chi connectivity index (χ2n) is 6.18. The van der Waals surface area contributed by atoms with E-state index in [0.717, 1.165) is 31.4 Å². The predicted octanol–water partition coefficient (Wildman–Crippen LogP) is 2.07. The number of nitrogens with one attached hydrogen (secondary N) is 1. The van der Waals surface area contributed by atoms with Gasteiger partial charge in [0.05, 0.1) is 6.04 Å². The number of aryl methyl sites for hydroxylation is 1. The lowest BCUT2D eigenvalue weighted by atomic mass is 10.1. The molecular weight excluding hydrogens is 266 g/mol. The van der Waals surface area contributed by atoms with Crippen molar-refractivity contribution >= 4 is 17.6 Å². The van der Waals surface area contributed by atoms with E-state index >= 15 is 0 Å². The molecule has 1 aliphatic carbocycles. The van der Waals surface area contributed by atoms with Crippen LogP contribution >= 0.6 is 0 Å². The normalized spacial score (nSPS) is 22.3. The Morgan fingerprint density at radius 2 is 2.14 bits per heavy atom. The number of benzene rings is 1. The fourth-order valence-corrected chi connectivity index (χ4v) is 2.37. The minimum Gasteiger partial charge on any atom is -0.463 e. The molecule has 1 aromatic carbocycles. The number of carbonyl (C=O) groups is 1. The zero-order valence-electron chi connectivity index (χ0n) is 12.3. The zero-order chi connectivity index (χ0) is 14.9. The number of hydrogen-bond acceptors (Lipinski definition) is 4. The van der Waals surface area contributed by atoms with Crippen molar-refractivity contribution in [1.82, 2.24) is 0 Å². The summed E-state index contributed by atoms with van der Waals surface area (Å²) >= 11 is 0. The minimum atomic E-state index is -0.140. The second-order valence-corrected chi connectivity index (χ2v) is 6.18. The summed E-state index contributed by atoms with van der Waals surface area (Å²) in [7, 11) is 0. The molecule has 0 aromatic heterocycles. The van der Waals surface area contributed by atoms with Crippen LogP contribution in [0.15, 0.2) is 29.3 Å². The number of nitrogens with two attached hydrogens (primary N) is 1. The first kappa shape index (κ1) is 13.9. The maximum atomic E-state index is 12.0. The summed E-state index contributed by atoms with van der Waals surface area (Å²) in [5.74, 6) is 0.128. The molecule has 5 nitrogen and oxygen atoms in total. The molecule has 0 radical (unpaired) electrons. The Morgan fingerprint density at radius 1 is 1.43 bits per heavy atom. The molecule has 21 heavy (non-hydrogen) atoms. The Morgan fingerprint density at radius 3 is 2.71 bits per heavy atom. The maximum absolute atomic E-state index is 12.0. The van der Waals surface area contributed by atoms with Crippen LogP contribution in [0.5, 0.6) is 0 Å². The van der Waals surface area contributed by atoms with E-state index in [1.165, 1.54) is 5.56 Å². The highest BCUT2D eigenvalue weighted by Gasteiger charge is 2.44. The van der Waals surface area contributed by atoms with Crippen LogP contribution in [-0.4, -0.2) is 24.6 Å². The van der Waals surface area contributed by atoms with Crippen molar-refractivity contribution in [1.29, 1.82) is 0 Å². The largest absolute Gasteiger partial charge is 0.463 e. The van der Waals surface area contributed by atoms with Crippen molar-refractivity contribution in [3.8, 4) is 0 Å². The summed E-state index contributed by atoms with van der Waals surface area (Å²) in [6.45, 7) is 2.59. The third-order valence-electron chi connectivity index (χ3n) is 4.26. The van der Waals surface area contributed by atoms with E-state index in [9.17, 15) is 4.79 Å². The molecule has 3 rings (SSSR count). The first-order valence-corrected chi connectivity index (χ1v) is 7.42. The standard InChI is InChI=1S/C16H21N3O2/c1-16(8-9-16)14(20)18-12-5-2-11(3-6-12)4-7-13-10-21-15(17)19-13/h2-3,5-6,13H,4,7-10H2,1H3,(H2,17,19)(H,18,20). The highest BCUT2D eigenvalue weighted by atomic mass is 16.5. The monoisotopic (exact) mass is 287 g/mol. The molecule has 3 N–H and O–H groups in total. The summed E-state index contributed by atoms with van der Waals surface area (Å²) in [5.41, 5.74) is 7.44. The summed E-state index contributed by atoms with van der Waals surface area (Å²) < 4.78 is 5.13. The lowest BCUT2D eigenvalue weighted by Gasteiger charge is -2.10. The first-order valence-electron chi connectivity index (χ1n) is 7.42. The second kappa shape index (κ2) is 5.39. The smallest absolute Gasteiger partial charge is 0.282 e. The van der Waals surface area contributed by atoms with Gasteiger partial charge in [-0.05, 0) is 43.4 Å². The minimum absolute atomic E-state index is 0.128. The van der Waals surface area contributed by atoms with Gasteiger partial charge in [0.15, 0.2) is 0 Å². The molecule has 2 aliphatic rings. The summed E-state index contributed by atoms with van der Waals surface area (Å²) in [6.07, 6.45) is 3.83. The van der Waals surface area contributed by atoms with Gasteiger partial charge in [-0.3, -0.25) is 4.79 Å². The topological polar surface area (TPSA) is 76.7 Å². The van der Waals surface area contributed by atoms with Gasteiger partial charge in [-0.25, -0.2) is 4.99 Å². The number of aliphatic imine (C=N–C) groups is 1. The van der Waals surface area contributed by atoms with Crippen LogP contribution in [0.1, 0.15) is 31.7 Å². The van der Waals surface area contributed by atoms with Gasteiger partial charge in [-0.1, -0.05) is 19.1 Å². The van der Waals surface area contributed by atoms with Crippen LogP contribution in [0.3, 0.4) is 0 Å². The number of nitrogens with zero attached hydrogens (tertiary/aromatic N) is 1. The lowest BCUT2D eigenvalue weighted by molar-refractivity contribution is -0.120. The molecule has 112 valence electrons. The summed E-state index contributed by atoms with van der Waals surface area (Å²) in [5, 5.41) is 2.98. The Labute approximate surface area is 124 Å². The van der Waals surface area contributed by atoms with Gasteiger partial charge in [-0.15, -0.1) is 0 Å². The molecule has 1 amide bonds. The molecule has 1 fully saturated rings. The molecule has 0 bridgehead atoms. The fraction of sp³-hybridized carbons (Fsp3) is 0.500. The molecule has 1 unspecified atom stereocenters. The molecular formula is C16H21N3O2. The number of anilines is 1. The van der Waals surface area contributed by atoms with Gasteiger partial charge >= 0.3 is 0 Å². The quantitative estimate of drug-likeness (QED) is 0.870. The van der Waals surface area contributed by atoms with E-state index in [0.29, 0.717) is 12.6 Å². The van der Waals surface area contributed by atoms with Crippen LogP contribution in [0, 0.1) is 5.41 Å².